The van der Waals surface area contributed by atoms with E-state index in [9.17, 15) is 0 Å². The van der Waals surface area contributed by atoms with Gasteiger partial charge >= 0.3 is 0 Å². The Kier molecular flexibility index (Phi) is 2.82. The number of methoxy groups -OCH3 is 1. The third-order valence-corrected chi connectivity index (χ3v) is 2.92. The van der Waals surface area contributed by atoms with Crippen molar-refractivity contribution >= 4 is 17.3 Å². The highest BCUT2D eigenvalue weighted by Crippen LogP contribution is 2.31. The summed E-state index contributed by atoms with van der Waals surface area (Å²) in [4.78, 5) is 2.31. The van der Waals surface area contributed by atoms with Gasteiger partial charge < -0.3 is 9.64 Å². The van der Waals surface area contributed by atoms with Crippen molar-refractivity contribution in [1.82, 2.24) is 0 Å². The first kappa shape index (κ1) is 9.66. The van der Waals surface area contributed by atoms with Crippen LogP contribution in [-0.2, 0) is 0 Å². The van der Waals surface area contributed by atoms with E-state index in [1.54, 1.807) is 7.11 Å². The number of ether oxygens (including phenoxy) is 1. The van der Waals surface area contributed by atoms with Crippen LogP contribution in [0.25, 0.3) is 0 Å². The Bertz CT molecular complexity index is 321. The van der Waals surface area contributed by atoms with E-state index in [1.807, 2.05) is 18.2 Å². The minimum absolute atomic E-state index is 0.813. The van der Waals surface area contributed by atoms with Crippen molar-refractivity contribution in [1.29, 1.82) is 0 Å². The lowest BCUT2D eigenvalue weighted by Gasteiger charge is -2.19. The van der Waals surface area contributed by atoms with E-state index in [4.69, 9.17) is 16.3 Å². The van der Waals surface area contributed by atoms with Gasteiger partial charge in [0.05, 0.1) is 17.8 Å². The molecule has 0 unspecified atom stereocenters. The first-order valence-electron chi connectivity index (χ1n) is 4.90. The third kappa shape index (κ3) is 1.80. The van der Waals surface area contributed by atoms with Crippen LogP contribution >= 0.6 is 11.6 Å². The minimum atomic E-state index is 0.813. The van der Waals surface area contributed by atoms with Crippen LogP contribution in [0.15, 0.2) is 18.2 Å². The fourth-order valence-corrected chi connectivity index (χ4v) is 2.06. The van der Waals surface area contributed by atoms with Gasteiger partial charge in [0.25, 0.3) is 0 Å². The third-order valence-electron chi connectivity index (χ3n) is 2.60. The molecule has 0 N–H and O–H groups in total. The molecule has 0 saturated carbocycles. The number of rotatable bonds is 2. The first-order chi connectivity index (χ1) is 6.81. The second-order valence-corrected chi connectivity index (χ2v) is 3.92. The second kappa shape index (κ2) is 4.09. The Hall–Kier alpha value is -0.890. The van der Waals surface area contributed by atoms with Crippen LogP contribution < -0.4 is 9.64 Å². The number of hydrogen-bond acceptors (Lipinski definition) is 2. The molecule has 76 valence electrons. The summed E-state index contributed by atoms with van der Waals surface area (Å²) in [5.41, 5.74) is 1.10. The summed E-state index contributed by atoms with van der Waals surface area (Å²) < 4.78 is 5.18. The van der Waals surface area contributed by atoms with Gasteiger partial charge in [-0.25, -0.2) is 0 Å². The molecular formula is C11H14ClNO. The normalized spacial score (nSPS) is 16.0. The van der Waals surface area contributed by atoms with Gasteiger partial charge in [-0.05, 0) is 25.0 Å². The summed E-state index contributed by atoms with van der Waals surface area (Å²) in [6, 6.07) is 5.80. The van der Waals surface area contributed by atoms with Crippen molar-refractivity contribution in [2.24, 2.45) is 0 Å². The molecular weight excluding hydrogens is 198 g/mol. The SMILES string of the molecule is COc1ccc(Cl)c(N2CCCC2)c1. The van der Waals surface area contributed by atoms with Crippen LogP contribution in [0.1, 0.15) is 12.8 Å². The number of halogens is 1. The summed E-state index contributed by atoms with van der Waals surface area (Å²) in [6.45, 7) is 2.21. The molecule has 1 heterocycles. The molecule has 0 radical (unpaired) electrons. The molecule has 2 rings (SSSR count). The lowest BCUT2D eigenvalue weighted by atomic mass is 10.3. The number of hydrogen-bond donors (Lipinski definition) is 0. The molecule has 0 aliphatic carbocycles. The Labute approximate surface area is 89.4 Å². The quantitative estimate of drug-likeness (QED) is 0.746. The van der Waals surface area contributed by atoms with Crippen LogP contribution in [0.3, 0.4) is 0 Å². The largest absolute Gasteiger partial charge is 0.497 e. The number of anilines is 1. The van der Waals surface area contributed by atoms with E-state index in [0.29, 0.717) is 0 Å². The Morgan fingerprint density at radius 1 is 1.29 bits per heavy atom. The van der Waals surface area contributed by atoms with E-state index < -0.39 is 0 Å². The highest BCUT2D eigenvalue weighted by Gasteiger charge is 2.15. The second-order valence-electron chi connectivity index (χ2n) is 3.51. The highest BCUT2D eigenvalue weighted by molar-refractivity contribution is 6.33. The topological polar surface area (TPSA) is 12.5 Å². The van der Waals surface area contributed by atoms with Crippen LogP contribution in [0.2, 0.25) is 5.02 Å². The number of benzene rings is 1. The van der Waals surface area contributed by atoms with Gasteiger partial charge in [-0.2, -0.15) is 0 Å². The van der Waals surface area contributed by atoms with Gasteiger partial charge in [-0.1, -0.05) is 11.6 Å². The molecule has 0 atom stereocenters. The molecule has 1 aromatic rings. The summed E-state index contributed by atoms with van der Waals surface area (Å²) in [6.07, 6.45) is 2.51. The van der Waals surface area contributed by atoms with E-state index in [-0.39, 0.29) is 0 Å². The first-order valence-corrected chi connectivity index (χ1v) is 5.27. The molecule has 1 aliphatic heterocycles. The maximum absolute atomic E-state index is 6.14. The van der Waals surface area contributed by atoms with E-state index >= 15 is 0 Å². The molecule has 1 aromatic carbocycles. The van der Waals surface area contributed by atoms with Crippen LogP contribution in [0.4, 0.5) is 5.69 Å². The molecule has 3 heteroatoms. The maximum Gasteiger partial charge on any atom is 0.121 e. The standard InChI is InChI=1S/C11H14ClNO/c1-14-9-4-5-10(12)11(8-9)13-6-2-3-7-13/h4-5,8H,2-3,6-7H2,1H3. The molecule has 1 fully saturated rings. The van der Waals surface area contributed by atoms with Crippen molar-refractivity contribution in [2.45, 2.75) is 12.8 Å². The zero-order valence-electron chi connectivity index (χ0n) is 8.29. The molecule has 1 saturated heterocycles. The van der Waals surface area contributed by atoms with Gasteiger partial charge in [0, 0.05) is 19.2 Å². The summed E-state index contributed by atoms with van der Waals surface area (Å²) in [7, 11) is 1.68. The van der Waals surface area contributed by atoms with Crippen LogP contribution in [0.5, 0.6) is 5.75 Å². The summed E-state index contributed by atoms with van der Waals surface area (Å²) in [5, 5.41) is 0.813. The summed E-state index contributed by atoms with van der Waals surface area (Å²) in [5.74, 6) is 0.872. The van der Waals surface area contributed by atoms with Crippen molar-refractivity contribution in [3.8, 4) is 5.75 Å². The van der Waals surface area contributed by atoms with E-state index in [2.05, 4.69) is 4.90 Å². The smallest absolute Gasteiger partial charge is 0.121 e. The van der Waals surface area contributed by atoms with Crippen molar-refractivity contribution < 1.29 is 4.74 Å². The Morgan fingerprint density at radius 3 is 2.64 bits per heavy atom. The van der Waals surface area contributed by atoms with Gasteiger partial charge in [-0.3, -0.25) is 0 Å². The van der Waals surface area contributed by atoms with E-state index in [0.717, 1.165) is 29.5 Å². The lowest BCUT2D eigenvalue weighted by molar-refractivity contribution is 0.415. The molecule has 0 bridgehead atoms. The summed E-state index contributed by atoms with van der Waals surface area (Å²) >= 11 is 6.14. The molecule has 0 spiro atoms. The molecule has 2 nitrogen and oxygen atoms in total. The Balaban J connectivity index is 2.29. The number of nitrogens with zero attached hydrogens (tertiary/aromatic N) is 1. The van der Waals surface area contributed by atoms with Crippen molar-refractivity contribution in [3.63, 3.8) is 0 Å². The van der Waals surface area contributed by atoms with Gasteiger partial charge in [0.2, 0.25) is 0 Å². The van der Waals surface area contributed by atoms with Gasteiger partial charge in [-0.15, -0.1) is 0 Å². The fraction of sp³-hybridized carbons (Fsp3) is 0.455. The average Bonchev–Trinajstić information content (AvgIpc) is 2.71. The molecule has 0 aromatic heterocycles. The zero-order chi connectivity index (χ0) is 9.97. The molecule has 1 aliphatic rings. The monoisotopic (exact) mass is 211 g/mol. The predicted molar refractivity (Wildman–Crippen MR) is 59.5 cm³/mol. The van der Waals surface area contributed by atoms with E-state index in [1.165, 1.54) is 12.8 Å². The Morgan fingerprint density at radius 2 is 2.00 bits per heavy atom. The van der Waals surface area contributed by atoms with Gasteiger partial charge in [0.15, 0.2) is 0 Å². The molecule has 0 amide bonds. The molecule has 14 heavy (non-hydrogen) atoms. The fourth-order valence-electron chi connectivity index (χ4n) is 1.82. The average molecular weight is 212 g/mol. The maximum atomic E-state index is 6.14. The van der Waals surface area contributed by atoms with Crippen LogP contribution in [-0.4, -0.2) is 20.2 Å². The van der Waals surface area contributed by atoms with Crippen LogP contribution in [0, 0.1) is 0 Å². The highest BCUT2D eigenvalue weighted by atomic mass is 35.5. The minimum Gasteiger partial charge on any atom is -0.497 e. The lowest BCUT2D eigenvalue weighted by Crippen LogP contribution is -2.17. The van der Waals surface area contributed by atoms with Crippen molar-refractivity contribution in [3.05, 3.63) is 23.2 Å². The van der Waals surface area contributed by atoms with Crippen molar-refractivity contribution in [2.75, 3.05) is 25.1 Å². The van der Waals surface area contributed by atoms with Gasteiger partial charge in [0.1, 0.15) is 5.75 Å². The zero-order valence-corrected chi connectivity index (χ0v) is 9.05. The predicted octanol–water partition coefficient (Wildman–Crippen LogP) is 2.95.